The molecule has 98 valence electrons. The minimum Gasteiger partial charge on any atom is -0.481 e. The number of hydrogen-bond donors (Lipinski definition) is 1. The van der Waals surface area contributed by atoms with E-state index in [1.807, 2.05) is 0 Å². The number of para-hydroxylation sites is 1. The number of halogens is 1. The average Bonchev–Trinajstić information content (AvgIpc) is 2.37. The summed E-state index contributed by atoms with van der Waals surface area (Å²) in [6, 6.07) is 5.87. The third-order valence-electron chi connectivity index (χ3n) is 2.26. The average molecular weight is 253 g/mol. The molecule has 1 amide bonds. The predicted molar refractivity (Wildman–Crippen MR) is 65.8 cm³/mol. The Kier molecular flexibility index (Phi) is 5.87. The SMILES string of the molecule is C=CCN(CCO)C(=O)COc1ccccc1F. The summed E-state index contributed by atoms with van der Waals surface area (Å²) in [6.45, 7) is 3.63. The van der Waals surface area contributed by atoms with Gasteiger partial charge < -0.3 is 14.7 Å². The molecule has 0 aliphatic carbocycles. The van der Waals surface area contributed by atoms with Crippen molar-refractivity contribution in [3.63, 3.8) is 0 Å². The van der Waals surface area contributed by atoms with Gasteiger partial charge in [0.15, 0.2) is 18.2 Å². The minimum absolute atomic E-state index is 0.0356. The van der Waals surface area contributed by atoms with Gasteiger partial charge in [-0.2, -0.15) is 0 Å². The van der Waals surface area contributed by atoms with E-state index in [-0.39, 0.29) is 31.4 Å². The second-order valence-corrected chi connectivity index (χ2v) is 3.57. The highest BCUT2D eigenvalue weighted by Gasteiger charge is 2.13. The monoisotopic (exact) mass is 253 g/mol. The molecule has 1 rings (SSSR count). The molecule has 0 saturated carbocycles. The highest BCUT2D eigenvalue weighted by atomic mass is 19.1. The Morgan fingerprint density at radius 1 is 1.50 bits per heavy atom. The lowest BCUT2D eigenvalue weighted by molar-refractivity contribution is -0.133. The third kappa shape index (κ3) is 4.18. The number of benzene rings is 1. The van der Waals surface area contributed by atoms with Gasteiger partial charge in [0.1, 0.15) is 0 Å². The number of aliphatic hydroxyl groups is 1. The highest BCUT2D eigenvalue weighted by molar-refractivity contribution is 5.77. The van der Waals surface area contributed by atoms with Gasteiger partial charge in [-0.1, -0.05) is 18.2 Å². The van der Waals surface area contributed by atoms with Crippen LogP contribution in [0.5, 0.6) is 5.75 Å². The zero-order chi connectivity index (χ0) is 13.4. The molecule has 0 bridgehead atoms. The number of carbonyl (C=O) groups is 1. The standard InChI is InChI=1S/C13H16FNO3/c1-2-7-15(8-9-16)13(17)10-18-12-6-4-3-5-11(12)14/h2-6,16H,1,7-10H2. The molecule has 1 aromatic rings. The van der Waals surface area contributed by atoms with Crippen LogP contribution in [0.2, 0.25) is 0 Å². The molecule has 1 aromatic carbocycles. The molecule has 1 N–H and O–H groups in total. The number of hydrogen-bond acceptors (Lipinski definition) is 3. The fourth-order valence-corrected chi connectivity index (χ4v) is 1.39. The molecule has 0 fully saturated rings. The molecule has 0 aromatic heterocycles. The molecule has 0 spiro atoms. The first-order chi connectivity index (χ1) is 8.69. The second kappa shape index (κ2) is 7.45. The quantitative estimate of drug-likeness (QED) is 0.743. The Morgan fingerprint density at radius 2 is 2.22 bits per heavy atom. The smallest absolute Gasteiger partial charge is 0.260 e. The lowest BCUT2D eigenvalue weighted by Gasteiger charge is -2.20. The van der Waals surface area contributed by atoms with Gasteiger partial charge in [-0.3, -0.25) is 4.79 Å². The molecule has 4 nitrogen and oxygen atoms in total. The summed E-state index contributed by atoms with van der Waals surface area (Å²) in [4.78, 5) is 13.1. The lowest BCUT2D eigenvalue weighted by atomic mass is 10.3. The van der Waals surface area contributed by atoms with Gasteiger partial charge in [0, 0.05) is 13.1 Å². The van der Waals surface area contributed by atoms with Crippen molar-refractivity contribution in [1.82, 2.24) is 4.90 Å². The number of carbonyl (C=O) groups excluding carboxylic acids is 1. The van der Waals surface area contributed by atoms with Crippen molar-refractivity contribution in [2.24, 2.45) is 0 Å². The lowest BCUT2D eigenvalue weighted by Crippen LogP contribution is -2.37. The Labute approximate surface area is 105 Å². The summed E-state index contributed by atoms with van der Waals surface area (Å²) in [5, 5.41) is 8.81. The van der Waals surface area contributed by atoms with Crippen LogP contribution in [0.1, 0.15) is 0 Å². The van der Waals surface area contributed by atoms with Gasteiger partial charge in [-0.25, -0.2) is 4.39 Å². The van der Waals surface area contributed by atoms with Crippen LogP contribution in [0, 0.1) is 5.82 Å². The van der Waals surface area contributed by atoms with Crippen molar-refractivity contribution in [2.75, 3.05) is 26.3 Å². The molecular weight excluding hydrogens is 237 g/mol. The fourth-order valence-electron chi connectivity index (χ4n) is 1.39. The number of aliphatic hydroxyl groups excluding tert-OH is 1. The van der Waals surface area contributed by atoms with E-state index >= 15 is 0 Å². The van der Waals surface area contributed by atoms with E-state index in [2.05, 4.69) is 6.58 Å². The van der Waals surface area contributed by atoms with E-state index in [4.69, 9.17) is 9.84 Å². The van der Waals surface area contributed by atoms with E-state index < -0.39 is 5.82 Å². The third-order valence-corrected chi connectivity index (χ3v) is 2.26. The molecule has 0 unspecified atom stereocenters. The van der Waals surface area contributed by atoms with Gasteiger partial charge >= 0.3 is 0 Å². The van der Waals surface area contributed by atoms with Crippen LogP contribution in [-0.4, -0.2) is 42.2 Å². The summed E-state index contributed by atoms with van der Waals surface area (Å²) < 4.78 is 18.3. The topological polar surface area (TPSA) is 49.8 Å². The highest BCUT2D eigenvalue weighted by Crippen LogP contribution is 2.15. The molecule has 5 heteroatoms. The zero-order valence-corrected chi connectivity index (χ0v) is 10.0. The van der Waals surface area contributed by atoms with Crippen LogP contribution in [0.25, 0.3) is 0 Å². The van der Waals surface area contributed by atoms with Crippen molar-refractivity contribution in [3.05, 3.63) is 42.7 Å². The molecule has 18 heavy (non-hydrogen) atoms. The normalized spacial score (nSPS) is 9.89. The van der Waals surface area contributed by atoms with E-state index in [0.717, 1.165) is 0 Å². The molecule has 0 radical (unpaired) electrons. The molecule has 0 aliphatic heterocycles. The first-order valence-corrected chi connectivity index (χ1v) is 5.56. The van der Waals surface area contributed by atoms with Crippen molar-refractivity contribution >= 4 is 5.91 Å². The number of nitrogens with zero attached hydrogens (tertiary/aromatic N) is 1. The molecular formula is C13H16FNO3. The van der Waals surface area contributed by atoms with Gasteiger partial charge in [0.2, 0.25) is 0 Å². The maximum Gasteiger partial charge on any atom is 0.260 e. The van der Waals surface area contributed by atoms with Crippen LogP contribution >= 0.6 is 0 Å². The summed E-state index contributed by atoms with van der Waals surface area (Å²) in [5.41, 5.74) is 0. The Bertz CT molecular complexity index is 409. The Balaban J connectivity index is 2.53. The van der Waals surface area contributed by atoms with Crippen molar-refractivity contribution < 1.29 is 19.0 Å². The van der Waals surface area contributed by atoms with Crippen molar-refractivity contribution in [1.29, 1.82) is 0 Å². The first kappa shape index (κ1) is 14.2. The number of rotatable bonds is 7. The van der Waals surface area contributed by atoms with Crippen LogP contribution in [0.3, 0.4) is 0 Å². The molecule has 0 saturated heterocycles. The summed E-state index contributed by atoms with van der Waals surface area (Å²) in [5.74, 6) is -0.802. The minimum atomic E-state index is -0.511. The van der Waals surface area contributed by atoms with Crippen LogP contribution in [0.4, 0.5) is 4.39 Å². The van der Waals surface area contributed by atoms with Gasteiger partial charge in [0.25, 0.3) is 5.91 Å². The van der Waals surface area contributed by atoms with Gasteiger partial charge in [0.05, 0.1) is 6.61 Å². The van der Waals surface area contributed by atoms with Crippen LogP contribution in [0.15, 0.2) is 36.9 Å². The summed E-state index contributed by atoms with van der Waals surface area (Å²) >= 11 is 0. The largest absolute Gasteiger partial charge is 0.481 e. The van der Waals surface area contributed by atoms with E-state index in [0.29, 0.717) is 6.54 Å². The fraction of sp³-hybridized carbons (Fsp3) is 0.308. The van der Waals surface area contributed by atoms with E-state index in [9.17, 15) is 9.18 Å². The van der Waals surface area contributed by atoms with E-state index in [1.165, 1.54) is 17.0 Å². The summed E-state index contributed by atoms with van der Waals surface area (Å²) in [7, 11) is 0. The number of ether oxygens (including phenoxy) is 1. The van der Waals surface area contributed by atoms with Gasteiger partial charge in [-0.15, -0.1) is 6.58 Å². The predicted octanol–water partition coefficient (Wildman–Crippen LogP) is 1.21. The maximum atomic E-state index is 13.2. The maximum absolute atomic E-state index is 13.2. The van der Waals surface area contributed by atoms with E-state index in [1.54, 1.807) is 18.2 Å². The second-order valence-electron chi connectivity index (χ2n) is 3.57. The van der Waals surface area contributed by atoms with Crippen molar-refractivity contribution in [3.8, 4) is 5.75 Å². The summed E-state index contributed by atoms with van der Waals surface area (Å²) in [6.07, 6.45) is 1.55. The molecule has 0 aliphatic rings. The van der Waals surface area contributed by atoms with Gasteiger partial charge in [-0.05, 0) is 12.1 Å². The molecule has 0 heterocycles. The Morgan fingerprint density at radius 3 is 2.83 bits per heavy atom. The van der Waals surface area contributed by atoms with Crippen LogP contribution in [-0.2, 0) is 4.79 Å². The molecule has 0 atom stereocenters. The van der Waals surface area contributed by atoms with Crippen molar-refractivity contribution in [2.45, 2.75) is 0 Å². The zero-order valence-electron chi connectivity index (χ0n) is 10.0. The number of amides is 1. The first-order valence-electron chi connectivity index (χ1n) is 5.56. The Hall–Kier alpha value is -1.88. The van der Waals surface area contributed by atoms with Crippen LogP contribution < -0.4 is 4.74 Å².